The minimum absolute atomic E-state index is 0.0293. The number of thiazole rings is 1. The average molecular weight is 316 g/mol. The first-order chi connectivity index (χ1) is 10.6. The third-order valence-corrected chi connectivity index (χ3v) is 4.54. The van der Waals surface area contributed by atoms with Crippen LogP contribution in [0.15, 0.2) is 29.6 Å². The lowest BCUT2D eigenvalue weighted by atomic mass is 10.2. The summed E-state index contributed by atoms with van der Waals surface area (Å²) in [6, 6.07) is 8.11. The second kappa shape index (κ2) is 6.46. The maximum atomic E-state index is 12.5. The number of benzene rings is 1. The van der Waals surface area contributed by atoms with Crippen molar-refractivity contribution < 1.29 is 4.79 Å². The Labute approximate surface area is 134 Å². The molecule has 0 unspecified atom stereocenters. The van der Waals surface area contributed by atoms with E-state index in [0.717, 1.165) is 37.0 Å². The lowest BCUT2D eigenvalue weighted by Crippen LogP contribution is -2.47. The van der Waals surface area contributed by atoms with Crippen molar-refractivity contribution in [1.29, 1.82) is 0 Å². The molecule has 1 aliphatic heterocycles. The van der Waals surface area contributed by atoms with Crippen molar-refractivity contribution in [3.05, 3.63) is 40.9 Å². The van der Waals surface area contributed by atoms with Crippen molar-refractivity contribution in [3.63, 3.8) is 0 Å². The minimum atomic E-state index is 0.0293. The molecule has 22 heavy (non-hydrogen) atoms. The number of anilines is 2. The largest absolute Gasteiger partial charge is 0.335 e. The number of aromatic nitrogens is 1. The average Bonchev–Trinajstić information content (AvgIpc) is 2.96. The van der Waals surface area contributed by atoms with Crippen molar-refractivity contribution >= 4 is 28.1 Å². The van der Waals surface area contributed by atoms with Crippen LogP contribution in [0, 0.1) is 6.92 Å². The Hall–Kier alpha value is -1.92. The van der Waals surface area contributed by atoms with E-state index in [1.54, 1.807) is 0 Å². The summed E-state index contributed by atoms with van der Waals surface area (Å²) in [5.41, 5.74) is 2.72. The van der Waals surface area contributed by atoms with E-state index in [0.29, 0.717) is 5.69 Å². The lowest BCUT2D eigenvalue weighted by Gasteiger charge is -2.31. The molecule has 1 amide bonds. The zero-order valence-corrected chi connectivity index (χ0v) is 13.7. The zero-order valence-electron chi connectivity index (χ0n) is 12.9. The topological polar surface area (TPSA) is 48.5 Å². The SMILES string of the molecule is Cc1cccc(Nc2nc(C(=O)N3CCN(C)CC3)cs2)c1. The Kier molecular flexibility index (Phi) is 4.40. The smallest absolute Gasteiger partial charge is 0.273 e. The summed E-state index contributed by atoms with van der Waals surface area (Å²) in [5, 5.41) is 5.84. The molecule has 1 aromatic carbocycles. The monoisotopic (exact) mass is 316 g/mol. The summed E-state index contributed by atoms with van der Waals surface area (Å²) >= 11 is 1.46. The van der Waals surface area contributed by atoms with Crippen LogP contribution in [-0.2, 0) is 0 Å². The van der Waals surface area contributed by atoms with Crippen LogP contribution in [0.4, 0.5) is 10.8 Å². The number of nitrogens with one attached hydrogen (secondary N) is 1. The number of amides is 1. The summed E-state index contributed by atoms with van der Waals surface area (Å²) in [6.45, 7) is 5.44. The van der Waals surface area contributed by atoms with Gasteiger partial charge in [0.2, 0.25) is 0 Å². The van der Waals surface area contributed by atoms with Gasteiger partial charge in [-0.3, -0.25) is 4.79 Å². The molecule has 1 saturated heterocycles. The highest BCUT2D eigenvalue weighted by Gasteiger charge is 2.22. The molecule has 1 N–H and O–H groups in total. The first-order valence-corrected chi connectivity index (χ1v) is 8.27. The highest BCUT2D eigenvalue weighted by atomic mass is 32.1. The van der Waals surface area contributed by atoms with Crippen LogP contribution in [0.5, 0.6) is 0 Å². The molecule has 116 valence electrons. The van der Waals surface area contributed by atoms with E-state index < -0.39 is 0 Å². The molecule has 0 bridgehead atoms. The number of aryl methyl sites for hydroxylation is 1. The molecule has 6 heteroatoms. The molecule has 1 fully saturated rings. The summed E-state index contributed by atoms with van der Waals surface area (Å²) in [7, 11) is 2.08. The van der Waals surface area contributed by atoms with Gasteiger partial charge in [-0.05, 0) is 31.7 Å². The van der Waals surface area contributed by atoms with Gasteiger partial charge in [-0.1, -0.05) is 12.1 Å². The van der Waals surface area contributed by atoms with Crippen LogP contribution in [0.2, 0.25) is 0 Å². The van der Waals surface area contributed by atoms with E-state index in [4.69, 9.17) is 0 Å². The number of nitrogens with zero attached hydrogens (tertiary/aromatic N) is 3. The molecule has 2 heterocycles. The molecule has 5 nitrogen and oxygen atoms in total. The molecule has 0 radical (unpaired) electrons. The van der Waals surface area contributed by atoms with Gasteiger partial charge in [0.1, 0.15) is 5.69 Å². The van der Waals surface area contributed by atoms with Crippen molar-refractivity contribution in [3.8, 4) is 0 Å². The normalized spacial score (nSPS) is 15.8. The highest BCUT2D eigenvalue weighted by molar-refractivity contribution is 7.14. The lowest BCUT2D eigenvalue weighted by molar-refractivity contribution is 0.0659. The van der Waals surface area contributed by atoms with Crippen LogP contribution in [0.3, 0.4) is 0 Å². The van der Waals surface area contributed by atoms with Gasteiger partial charge >= 0.3 is 0 Å². The number of piperazine rings is 1. The third-order valence-electron chi connectivity index (χ3n) is 3.78. The van der Waals surface area contributed by atoms with E-state index in [1.165, 1.54) is 16.9 Å². The molecular weight excluding hydrogens is 296 g/mol. The van der Waals surface area contributed by atoms with Crippen molar-refractivity contribution in [1.82, 2.24) is 14.8 Å². The molecule has 0 aliphatic carbocycles. The predicted molar refractivity (Wildman–Crippen MR) is 90.0 cm³/mol. The number of carbonyl (C=O) groups is 1. The van der Waals surface area contributed by atoms with E-state index >= 15 is 0 Å². The fourth-order valence-electron chi connectivity index (χ4n) is 2.45. The van der Waals surface area contributed by atoms with Gasteiger partial charge in [0.15, 0.2) is 5.13 Å². The predicted octanol–water partition coefficient (Wildman–Crippen LogP) is 2.58. The van der Waals surface area contributed by atoms with Gasteiger partial charge in [-0.2, -0.15) is 0 Å². The Bertz CT molecular complexity index is 662. The van der Waals surface area contributed by atoms with Crippen molar-refractivity contribution in [2.45, 2.75) is 6.92 Å². The van der Waals surface area contributed by atoms with Crippen molar-refractivity contribution in [2.75, 3.05) is 38.5 Å². The molecule has 2 aromatic rings. The summed E-state index contributed by atoms with van der Waals surface area (Å²) in [6.07, 6.45) is 0. The van der Waals surface area contributed by atoms with E-state index in [2.05, 4.69) is 41.3 Å². The van der Waals surface area contributed by atoms with Crippen LogP contribution in [0.1, 0.15) is 16.1 Å². The number of carbonyl (C=O) groups excluding carboxylic acids is 1. The Morgan fingerprint density at radius 1 is 1.27 bits per heavy atom. The molecule has 0 spiro atoms. The van der Waals surface area contributed by atoms with Crippen LogP contribution in [-0.4, -0.2) is 53.9 Å². The number of rotatable bonds is 3. The van der Waals surface area contributed by atoms with Gasteiger partial charge < -0.3 is 15.1 Å². The Morgan fingerprint density at radius 2 is 2.05 bits per heavy atom. The number of hydrogen-bond donors (Lipinski definition) is 1. The van der Waals surface area contributed by atoms with E-state index in [-0.39, 0.29) is 5.91 Å². The molecule has 1 aromatic heterocycles. The Balaban J connectivity index is 1.67. The van der Waals surface area contributed by atoms with E-state index in [9.17, 15) is 4.79 Å². The molecular formula is C16H20N4OS. The minimum Gasteiger partial charge on any atom is -0.335 e. The van der Waals surface area contributed by atoms with Gasteiger partial charge in [0.05, 0.1) is 0 Å². The fourth-order valence-corrected chi connectivity index (χ4v) is 3.15. The molecule has 0 atom stereocenters. The second-order valence-electron chi connectivity index (χ2n) is 5.63. The first kappa shape index (κ1) is 15.0. The highest BCUT2D eigenvalue weighted by Crippen LogP contribution is 2.22. The van der Waals surface area contributed by atoms with Gasteiger partial charge in [-0.15, -0.1) is 11.3 Å². The van der Waals surface area contributed by atoms with Crippen LogP contribution >= 0.6 is 11.3 Å². The van der Waals surface area contributed by atoms with E-state index in [1.807, 2.05) is 22.4 Å². The van der Waals surface area contributed by atoms with Crippen LogP contribution in [0.25, 0.3) is 0 Å². The third kappa shape index (κ3) is 3.45. The Morgan fingerprint density at radius 3 is 2.77 bits per heavy atom. The summed E-state index contributed by atoms with van der Waals surface area (Å²) in [5.74, 6) is 0.0293. The quantitative estimate of drug-likeness (QED) is 0.945. The standard InChI is InChI=1S/C16H20N4OS/c1-12-4-3-5-13(10-12)17-16-18-14(11-22-16)15(21)20-8-6-19(2)7-9-20/h3-5,10-11H,6-9H2,1-2H3,(H,17,18). The van der Waals surface area contributed by atoms with Gasteiger partial charge in [0, 0.05) is 37.2 Å². The van der Waals surface area contributed by atoms with Crippen LogP contribution < -0.4 is 5.32 Å². The first-order valence-electron chi connectivity index (χ1n) is 7.39. The molecule has 3 rings (SSSR count). The maximum absolute atomic E-state index is 12.5. The molecule has 1 aliphatic rings. The summed E-state index contributed by atoms with van der Waals surface area (Å²) < 4.78 is 0. The number of hydrogen-bond acceptors (Lipinski definition) is 5. The van der Waals surface area contributed by atoms with Gasteiger partial charge in [0.25, 0.3) is 5.91 Å². The summed E-state index contributed by atoms with van der Waals surface area (Å²) in [4.78, 5) is 21.0. The second-order valence-corrected chi connectivity index (χ2v) is 6.49. The molecule has 0 saturated carbocycles. The van der Waals surface area contributed by atoms with Gasteiger partial charge in [-0.25, -0.2) is 4.98 Å². The number of likely N-dealkylation sites (N-methyl/N-ethyl adjacent to an activating group) is 1. The maximum Gasteiger partial charge on any atom is 0.273 e. The zero-order chi connectivity index (χ0) is 15.5. The van der Waals surface area contributed by atoms with Crippen molar-refractivity contribution in [2.24, 2.45) is 0 Å². The fraction of sp³-hybridized carbons (Fsp3) is 0.375.